The van der Waals surface area contributed by atoms with E-state index in [4.69, 9.17) is 0 Å². The second-order valence-electron chi connectivity index (χ2n) is 6.25. The fourth-order valence-electron chi connectivity index (χ4n) is 3.04. The SMILES string of the molecule is CCCC1CCN(CC(C)(C#N)NC(C)C)CC1. The number of hydrogen-bond donors (Lipinski definition) is 1. The van der Waals surface area contributed by atoms with E-state index >= 15 is 0 Å². The van der Waals surface area contributed by atoms with Gasteiger partial charge in [0.25, 0.3) is 0 Å². The van der Waals surface area contributed by atoms with Gasteiger partial charge in [0.1, 0.15) is 5.54 Å². The van der Waals surface area contributed by atoms with Gasteiger partial charge in [0.05, 0.1) is 6.07 Å². The van der Waals surface area contributed by atoms with Gasteiger partial charge in [-0.3, -0.25) is 5.32 Å². The third-order valence-corrected chi connectivity index (χ3v) is 3.80. The van der Waals surface area contributed by atoms with E-state index in [2.05, 4.69) is 37.1 Å². The highest BCUT2D eigenvalue weighted by Crippen LogP contribution is 2.22. The normalized spacial score (nSPS) is 21.8. The molecule has 0 aromatic rings. The molecule has 0 radical (unpaired) electrons. The molecule has 1 N–H and O–H groups in total. The summed E-state index contributed by atoms with van der Waals surface area (Å²) in [4.78, 5) is 2.45. The lowest BCUT2D eigenvalue weighted by Crippen LogP contribution is -2.54. The van der Waals surface area contributed by atoms with Crippen LogP contribution in [0.3, 0.4) is 0 Å². The third-order valence-electron chi connectivity index (χ3n) is 3.80. The first-order chi connectivity index (χ1) is 8.49. The Balaban J connectivity index is 2.41. The van der Waals surface area contributed by atoms with Crippen LogP contribution in [0.2, 0.25) is 0 Å². The maximum atomic E-state index is 9.36. The highest BCUT2D eigenvalue weighted by molar-refractivity contribution is 5.06. The van der Waals surface area contributed by atoms with E-state index < -0.39 is 5.54 Å². The van der Waals surface area contributed by atoms with Crippen LogP contribution in [0.4, 0.5) is 0 Å². The van der Waals surface area contributed by atoms with E-state index in [0.717, 1.165) is 25.6 Å². The standard InChI is InChI=1S/C15H29N3/c1-5-6-14-7-9-18(10-8-14)12-15(4,11-16)17-13(2)3/h13-14,17H,5-10,12H2,1-4H3. The van der Waals surface area contributed by atoms with Crippen molar-refractivity contribution in [3.63, 3.8) is 0 Å². The smallest absolute Gasteiger partial charge is 0.116 e. The molecule has 0 saturated carbocycles. The Morgan fingerprint density at radius 1 is 1.39 bits per heavy atom. The molecular formula is C15H29N3. The lowest BCUT2D eigenvalue weighted by molar-refractivity contribution is 0.148. The first kappa shape index (κ1) is 15.5. The zero-order chi connectivity index (χ0) is 13.6. The molecule has 0 spiro atoms. The summed E-state index contributed by atoms with van der Waals surface area (Å²) in [5, 5.41) is 12.7. The van der Waals surface area contributed by atoms with E-state index in [1.54, 1.807) is 0 Å². The minimum Gasteiger partial charge on any atom is -0.300 e. The molecule has 0 amide bonds. The van der Waals surface area contributed by atoms with Crippen LogP contribution in [0.25, 0.3) is 0 Å². The quantitative estimate of drug-likeness (QED) is 0.789. The summed E-state index contributed by atoms with van der Waals surface area (Å²) >= 11 is 0. The monoisotopic (exact) mass is 251 g/mol. The summed E-state index contributed by atoms with van der Waals surface area (Å²) in [7, 11) is 0. The number of rotatable bonds is 6. The number of nitrogens with zero attached hydrogens (tertiary/aromatic N) is 2. The van der Waals surface area contributed by atoms with Crippen molar-refractivity contribution in [1.82, 2.24) is 10.2 Å². The van der Waals surface area contributed by atoms with Gasteiger partial charge in [-0.05, 0) is 52.6 Å². The molecule has 1 unspecified atom stereocenters. The van der Waals surface area contributed by atoms with Crippen molar-refractivity contribution in [2.45, 2.75) is 65.0 Å². The summed E-state index contributed by atoms with van der Waals surface area (Å²) in [5.41, 5.74) is -0.411. The molecule has 1 aliphatic heterocycles. The second kappa shape index (κ2) is 7.11. The highest BCUT2D eigenvalue weighted by atomic mass is 15.2. The van der Waals surface area contributed by atoms with Gasteiger partial charge >= 0.3 is 0 Å². The lowest BCUT2D eigenvalue weighted by Gasteiger charge is -2.37. The molecule has 1 saturated heterocycles. The minimum absolute atomic E-state index is 0.354. The van der Waals surface area contributed by atoms with Crippen LogP contribution in [0.5, 0.6) is 0 Å². The van der Waals surface area contributed by atoms with Crippen molar-refractivity contribution in [2.75, 3.05) is 19.6 Å². The molecule has 0 aliphatic carbocycles. The van der Waals surface area contributed by atoms with Crippen molar-refractivity contribution >= 4 is 0 Å². The zero-order valence-electron chi connectivity index (χ0n) is 12.5. The van der Waals surface area contributed by atoms with Gasteiger partial charge in [-0.1, -0.05) is 19.8 Å². The molecule has 0 bridgehead atoms. The van der Waals surface area contributed by atoms with Crippen LogP contribution in [0, 0.1) is 17.2 Å². The van der Waals surface area contributed by atoms with E-state index in [0.29, 0.717) is 6.04 Å². The predicted molar refractivity (Wildman–Crippen MR) is 76.4 cm³/mol. The molecule has 3 heteroatoms. The van der Waals surface area contributed by atoms with Crippen LogP contribution in [0.1, 0.15) is 53.4 Å². The maximum Gasteiger partial charge on any atom is 0.116 e. The number of piperidine rings is 1. The molecule has 1 rings (SSSR count). The fraction of sp³-hybridized carbons (Fsp3) is 0.933. The van der Waals surface area contributed by atoms with Crippen LogP contribution in [-0.4, -0.2) is 36.1 Å². The molecule has 1 atom stereocenters. The Hall–Kier alpha value is -0.590. The van der Waals surface area contributed by atoms with Gasteiger partial charge < -0.3 is 4.90 Å². The molecule has 18 heavy (non-hydrogen) atoms. The Morgan fingerprint density at radius 2 is 2.00 bits per heavy atom. The zero-order valence-corrected chi connectivity index (χ0v) is 12.5. The van der Waals surface area contributed by atoms with Crippen molar-refractivity contribution in [1.29, 1.82) is 5.26 Å². The average molecular weight is 251 g/mol. The van der Waals surface area contributed by atoms with Crippen LogP contribution < -0.4 is 5.32 Å². The molecular weight excluding hydrogens is 222 g/mol. The molecule has 1 aliphatic rings. The van der Waals surface area contributed by atoms with Crippen molar-refractivity contribution < 1.29 is 0 Å². The largest absolute Gasteiger partial charge is 0.300 e. The van der Waals surface area contributed by atoms with E-state index in [1.165, 1.54) is 25.7 Å². The first-order valence-electron chi connectivity index (χ1n) is 7.40. The van der Waals surface area contributed by atoms with Crippen molar-refractivity contribution in [3.05, 3.63) is 0 Å². The van der Waals surface area contributed by atoms with Crippen molar-refractivity contribution in [3.8, 4) is 6.07 Å². The molecule has 0 aromatic carbocycles. The number of nitrogens with one attached hydrogen (secondary N) is 1. The van der Waals surface area contributed by atoms with Gasteiger partial charge in [-0.2, -0.15) is 5.26 Å². The predicted octanol–water partition coefficient (Wildman–Crippen LogP) is 2.78. The molecule has 1 heterocycles. The third kappa shape index (κ3) is 4.96. The number of nitriles is 1. The number of hydrogen-bond acceptors (Lipinski definition) is 3. The van der Waals surface area contributed by atoms with Crippen molar-refractivity contribution in [2.24, 2.45) is 5.92 Å². The van der Waals surface area contributed by atoms with Gasteiger partial charge in [-0.25, -0.2) is 0 Å². The fourth-order valence-corrected chi connectivity index (χ4v) is 3.04. The maximum absolute atomic E-state index is 9.36. The van der Waals surface area contributed by atoms with Gasteiger partial charge in [0, 0.05) is 12.6 Å². The van der Waals surface area contributed by atoms with E-state index in [1.807, 2.05) is 6.92 Å². The Kier molecular flexibility index (Phi) is 6.11. The average Bonchev–Trinajstić information content (AvgIpc) is 2.31. The number of likely N-dealkylation sites (tertiary alicyclic amines) is 1. The first-order valence-corrected chi connectivity index (χ1v) is 7.40. The Labute approximate surface area is 113 Å². The van der Waals surface area contributed by atoms with Gasteiger partial charge in [0.15, 0.2) is 0 Å². The van der Waals surface area contributed by atoms with Crippen LogP contribution in [-0.2, 0) is 0 Å². The topological polar surface area (TPSA) is 39.1 Å². The molecule has 0 aromatic heterocycles. The summed E-state index contributed by atoms with van der Waals surface area (Å²) < 4.78 is 0. The lowest BCUT2D eigenvalue weighted by atomic mass is 9.91. The van der Waals surface area contributed by atoms with E-state index in [-0.39, 0.29) is 0 Å². The van der Waals surface area contributed by atoms with E-state index in [9.17, 15) is 5.26 Å². The minimum atomic E-state index is -0.411. The second-order valence-corrected chi connectivity index (χ2v) is 6.25. The Bertz CT molecular complexity index is 274. The molecule has 104 valence electrons. The highest BCUT2D eigenvalue weighted by Gasteiger charge is 2.29. The summed E-state index contributed by atoms with van der Waals surface area (Å²) in [6.45, 7) is 11.6. The summed E-state index contributed by atoms with van der Waals surface area (Å²) in [6.07, 6.45) is 5.27. The Morgan fingerprint density at radius 3 is 2.44 bits per heavy atom. The summed E-state index contributed by atoms with van der Waals surface area (Å²) in [5.74, 6) is 0.914. The van der Waals surface area contributed by atoms with Crippen LogP contribution in [0.15, 0.2) is 0 Å². The molecule has 1 fully saturated rings. The molecule has 3 nitrogen and oxygen atoms in total. The van der Waals surface area contributed by atoms with Gasteiger partial charge in [0.2, 0.25) is 0 Å². The summed E-state index contributed by atoms with van der Waals surface area (Å²) in [6, 6.07) is 2.79. The van der Waals surface area contributed by atoms with Gasteiger partial charge in [-0.15, -0.1) is 0 Å². The van der Waals surface area contributed by atoms with Crippen LogP contribution >= 0.6 is 0 Å².